The van der Waals surface area contributed by atoms with E-state index in [-0.39, 0.29) is 18.8 Å². The largest absolute Gasteiger partial charge is 0.373 e. The summed E-state index contributed by atoms with van der Waals surface area (Å²) in [6.07, 6.45) is 3.94. The quantitative estimate of drug-likeness (QED) is 0.858. The lowest BCUT2D eigenvalue weighted by Crippen LogP contribution is -2.51. The van der Waals surface area contributed by atoms with Crippen LogP contribution in [0.2, 0.25) is 0 Å². The molecule has 0 aromatic carbocycles. The van der Waals surface area contributed by atoms with Gasteiger partial charge in [0.25, 0.3) is 10.2 Å². The number of pyridine rings is 1. The molecule has 0 amide bonds. The van der Waals surface area contributed by atoms with Gasteiger partial charge in [0.1, 0.15) is 5.82 Å². The Morgan fingerprint density at radius 1 is 1.25 bits per heavy atom. The fourth-order valence-corrected chi connectivity index (χ4v) is 4.63. The second-order valence-electron chi connectivity index (χ2n) is 6.62. The van der Waals surface area contributed by atoms with E-state index in [0.717, 1.165) is 24.5 Å². The third kappa shape index (κ3) is 4.24. The molecule has 0 spiro atoms. The molecule has 134 valence electrons. The van der Waals surface area contributed by atoms with E-state index in [0.29, 0.717) is 13.1 Å². The Bertz CT molecular complexity index is 651. The summed E-state index contributed by atoms with van der Waals surface area (Å²) in [5.41, 5.74) is 0.921. The highest BCUT2D eigenvalue weighted by molar-refractivity contribution is 7.87. The Balaban J connectivity index is 1.63. The first-order valence-electron chi connectivity index (χ1n) is 8.54. The molecule has 3 heterocycles. The monoisotopic (exact) mass is 354 g/mol. The molecule has 1 N–H and O–H groups in total. The van der Waals surface area contributed by atoms with Gasteiger partial charge in [0.15, 0.2) is 0 Å². The molecular formula is C16H26N4O3S. The predicted octanol–water partition coefficient (Wildman–Crippen LogP) is 1.13. The number of anilines is 1. The molecular weight excluding hydrogens is 328 g/mol. The van der Waals surface area contributed by atoms with Crippen molar-refractivity contribution in [1.29, 1.82) is 0 Å². The highest BCUT2D eigenvalue weighted by Gasteiger charge is 2.30. The smallest absolute Gasteiger partial charge is 0.279 e. The van der Waals surface area contributed by atoms with E-state index in [9.17, 15) is 8.42 Å². The van der Waals surface area contributed by atoms with Crippen molar-refractivity contribution in [1.82, 2.24) is 14.0 Å². The summed E-state index contributed by atoms with van der Waals surface area (Å²) < 4.78 is 34.8. The number of ether oxygens (including phenoxy) is 1. The lowest BCUT2D eigenvalue weighted by atomic mass is 10.2. The van der Waals surface area contributed by atoms with Crippen molar-refractivity contribution in [2.24, 2.45) is 0 Å². The van der Waals surface area contributed by atoms with E-state index in [1.165, 1.54) is 17.1 Å². The molecule has 0 bridgehead atoms. The Kier molecular flexibility index (Phi) is 5.39. The van der Waals surface area contributed by atoms with Gasteiger partial charge in [-0.25, -0.2) is 4.98 Å². The molecule has 2 atom stereocenters. The van der Waals surface area contributed by atoms with Crippen molar-refractivity contribution >= 4 is 16.0 Å². The van der Waals surface area contributed by atoms with Crippen LogP contribution >= 0.6 is 0 Å². The average molecular weight is 354 g/mol. The van der Waals surface area contributed by atoms with Crippen LogP contribution in [0, 0.1) is 0 Å². The molecule has 8 heteroatoms. The van der Waals surface area contributed by atoms with Crippen LogP contribution in [0.3, 0.4) is 0 Å². The number of hydrogen-bond acceptors (Lipinski definition) is 5. The fourth-order valence-electron chi connectivity index (χ4n) is 3.28. The van der Waals surface area contributed by atoms with Crippen LogP contribution in [0.4, 0.5) is 5.82 Å². The van der Waals surface area contributed by atoms with Gasteiger partial charge in [-0.3, -0.25) is 0 Å². The molecule has 2 saturated heterocycles. The van der Waals surface area contributed by atoms with Crippen LogP contribution in [0.1, 0.15) is 32.3 Å². The van der Waals surface area contributed by atoms with E-state index in [4.69, 9.17) is 4.74 Å². The standard InChI is InChI=1S/C16H26N4O3S/c1-13-11-20(12-14(2)23-13)24(21,22)18-10-15-5-6-17-16(9-15)19-7-3-4-8-19/h5-6,9,13-14,18H,3-4,7-8,10-12H2,1-2H3. The van der Waals surface area contributed by atoms with E-state index < -0.39 is 10.2 Å². The molecule has 2 unspecified atom stereocenters. The number of nitrogens with zero attached hydrogens (tertiary/aromatic N) is 3. The van der Waals surface area contributed by atoms with E-state index >= 15 is 0 Å². The first-order valence-corrected chi connectivity index (χ1v) is 9.98. The molecule has 1 aromatic rings. The first kappa shape index (κ1) is 17.6. The molecule has 2 aliphatic heterocycles. The summed E-state index contributed by atoms with van der Waals surface area (Å²) >= 11 is 0. The number of hydrogen-bond donors (Lipinski definition) is 1. The fraction of sp³-hybridized carbons (Fsp3) is 0.688. The van der Waals surface area contributed by atoms with Crippen LogP contribution in [-0.4, -0.2) is 56.1 Å². The average Bonchev–Trinajstić information content (AvgIpc) is 3.07. The van der Waals surface area contributed by atoms with Crippen LogP contribution < -0.4 is 9.62 Å². The minimum absolute atomic E-state index is 0.0898. The lowest BCUT2D eigenvalue weighted by molar-refractivity contribution is -0.0444. The van der Waals surface area contributed by atoms with Crippen LogP contribution in [0.15, 0.2) is 18.3 Å². The number of rotatable bonds is 5. The Hall–Kier alpha value is -1.22. The van der Waals surface area contributed by atoms with Gasteiger partial charge in [-0.2, -0.15) is 17.4 Å². The molecule has 0 saturated carbocycles. The van der Waals surface area contributed by atoms with Crippen molar-refractivity contribution in [3.8, 4) is 0 Å². The highest BCUT2D eigenvalue weighted by atomic mass is 32.2. The van der Waals surface area contributed by atoms with Gasteiger partial charge in [-0.1, -0.05) is 0 Å². The predicted molar refractivity (Wildman–Crippen MR) is 93.0 cm³/mol. The SMILES string of the molecule is CC1CN(S(=O)(=O)NCc2ccnc(N3CCCC3)c2)CC(C)O1. The van der Waals surface area contributed by atoms with Crippen LogP contribution in [0.25, 0.3) is 0 Å². The van der Waals surface area contributed by atoms with E-state index in [1.807, 2.05) is 26.0 Å². The van der Waals surface area contributed by atoms with Crippen molar-refractivity contribution in [2.75, 3.05) is 31.1 Å². The summed E-state index contributed by atoms with van der Waals surface area (Å²) in [7, 11) is -3.51. The molecule has 1 aromatic heterocycles. The third-order valence-corrected chi connectivity index (χ3v) is 5.91. The molecule has 0 aliphatic carbocycles. The van der Waals surface area contributed by atoms with Gasteiger partial charge >= 0.3 is 0 Å². The van der Waals surface area contributed by atoms with Crippen LogP contribution in [0.5, 0.6) is 0 Å². The normalized spacial score (nSPS) is 26.0. The Labute approximate surface area is 144 Å². The van der Waals surface area contributed by atoms with E-state index in [1.54, 1.807) is 6.20 Å². The summed E-state index contributed by atoms with van der Waals surface area (Å²) in [4.78, 5) is 6.64. The Morgan fingerprint density at radius 3 is 2.58 bits per heavy atom. The van der Waals surface area contributed by atoms with Gasteiger partial charge in [0.2, 0.25) is 0 Å². The van der Waals surface area contributed by atoms with Crippen LogP contribution in [-0.2, 0) is 21.5 Å². The van der Waals surface area contributed by atoms with Crippen molar-refractivity contribution in [2.45, 2.75) is 45.4 Å². The summed E-state index contributed by atoms with van der Waals surface area (Å²) in [5, 5.41) is 0. The molecule has 24 heavy (non-hydrogen) atoms. The van der Waals surface area contributed by atoms with Gasteiger partial charge in [0, 0.05) is 38.9 Å². The summed E-state index contributed by atoms with van der Waals surface area (Å²) in [6, 6.07) is 3.82. The maximum Gasteiger partial charge on any atom is 0.279 e. The summed E-state index contributed by atoms with van der Waals surface area (Å²) in [6.45, 7) is 6.86. The molecule has 7 nitrogen and oxygen atoms in total. The summed E-state index contributed by atoms with van der Waals surface area (Å²) in [5.74, 6) is 0.929. The number of morpholine rings is 1. The second-order valence-corrected chi connectivity index (χ2v) is 8.37. The highest BCUT2D eigenvalue weighted by Crippen LogP contribution is 2.19. The second kappa shape index (κ2) is 7.35. The van der Waals surface area contributed by atoms with Crippen molar-refractivity contribution < 1.29 is 13.2 Å². The number of nitrogens with one attached hydrogen (secondary N) is 1. The molecule has 2 aliphatic rings. The lowest BCUT2D eigenvalue weighted by Gasteiger charge is -2.34. The zero-order valence-corrected chi connectivity index (χ0v) is 15.1. The topological polar surface area (TPSA) is 74.8 Å². The zero-order valence-electron chi connectivity index (χ0n) is 14.3. The minimum atomic E-state index is -3.51. The maximum absolute atomic E-state index is 12.5. The van der Waals surface area contributed by atoms with Gasteiger partial charge < -0.3 is 9.64 Å². The number of aromatic nitrogens is 1. The van der Waals surface area contributed by atoms with Gasteiger partial charge in [0.05, 0.1) is 12.2 Å². The first-order chi connectivity index (χ1) is 11.4. The molecule has 3 rings (SSSR count). The molecule has 2 fully saturated rings. The van der Waals surface area contributed by atoms with E-state index in [2.05, 4.69) is 14.6 Å². The van der Waals surface area contributed by atoms with Gasteiger partial charge in [-0.15, -0.1) is 0 Å². The van der Waals surface area contributed by atoms with Gasteiger partial charge in [-0.05, 0) is 44.4 Å². The third-order valence-electron chi connectivity index (χ3n) is 4.42. The maximum atomic E-state index is 12.5. The Morgan fingerprint density at radius 2 is 1.92 bits per heavy atom. The van der Waals surface area contributed by atoms with Crippen molar-refractivity contribution in [3.63, 3.8) is 0 Å². The zero-order chi connectivity index (χ0) is 17.2. The minimum Gasteiger partial charge on any atom is -0.373 e. The molecule has 0 radical (unpaired) electrons. The van der Waals surface area contributed by atoms with Crippen molar-refractivity contribution in [3.05, 3.63) is 23.9 Å².